The van der Waals surface area contributed by atoms with Gasteiger partial charge in [-0.15, -0.1) is 11.8 Å². The Morgan fingerprint density at radius 3 is 2.83 bits per heavy atom. The number of urea groups is 1. The fourth-order valence-electron chi connectivity index (χ4n) is 1.84. The number of amides is 2. The Labute approximate surface area is 111 Å². The third-order valence-corrected chi connectivity index (χ3v) is 4.01. The van der Waals surface area contributed by atoms with E-state index in [0.717, 1.165) is 0 Å². The monoisotopic (exact) mass is 276 g/mol. The molecule has 0 aliphatic carbocycles. The van der Waals surface area contributed by atoms with Gasteiger partial charge in [0.1, 0.15) is 6.04 Å². The van der Waals surface area contributed by atoms with Crippen molar-refractivity contribution >= 4 is 23.8 Å². The molecule has 1 saturated heterocycles. The fraction of sp³-hybridized carbons (Fsp3) is 0.818. The third kappa shape index (κ3) is 3.78. The molecule has 1 aliphatic rings. The van der Waals surface area contributed by atoms with Gasteiger partial charge in [-0.25, -0.2) is 9.59 Å². The Balaban J connectivity index is 2.51. The number of carbonyl (C=O) groups excluding carboxylic acids is 1. The van der Waals surface area contributed by atoms with Crippen molar-refractivity contribution in [1.29, 1.82) is 0 Å². The Bertz CT molecular complexity index is 313. The molecule has 1 rings (SSSR count). The van der Waals surface area contributed by atoms with Gasteiger partial charge in [0.2, 0.25) is 0 Å². The van der Waals surface area contributed by atoms with Gasteiger partial charge in [-0.3, -0.25) is 4.90 Å². The highest BCUT2D eigenvalue weighted by Gasteiger charge is 2.39. The summed E-state index contributed by atoms with van der Waals surface area (Å²) in [6.45, 7) is 4.84. The maximum atomic E-state index is 12.0. The molecule has 0 aromatic heterocycles. The Morgan fingerprint density at radius 2 is 2.28 bits per heavy atom. The highest BCUT2D eigenvalue weighted by molar-refractivity contribution is 8.00. The largest absolute Gasteiger partial charge is 0.480 e. The van der Waals surface area contributed by atoms with Gasteiger partial charge in [0, 0.05) is 19.4 Å². The van der Waals surface area contributed by atoms with Gasteiger partial charge in [0.15, 0.2) is 0 Å². The van der Waals surface area contributed by atoms with Crippen molar-refractivity contribution in [1.82, 2.24) is 10.2 Å². The lowest BCUT2D eigenvalue weighted by atomic mass is 10.2. The zero-order valence-corrected chi connectivity index (χ0v) is 11.7. The maximum Gasteiger partial charge on any atom is 0.327 e. The van der Waals surface area contributed by atoms with E-state index in [9.17, 15) is 9.59 Å². The molecular weight excluding hydrogens is 256 g/mol. The highest BCUT2D eigenvalue weighted by atomic mass is 32.2. The average Bonchev–Trinajstić information content (AvgIpc) is 2.68. The van der Waals surface area contributed by atoms with E-state index < -0.39 is 12.0 Å². The Morgan fingerprint density at radius 1 is 1.61 bits per heavy atom. The number of carbonyl (C=O) groups is 2. The van der Waals surface area contributed by atoms with Gasteiger partial charge in [-0.05, 0) is 12.8 Å². The van der Waals surface area contributed by atoms with Gasteiger partial charge in [0.05, 0.1) is 12.0 Å². The first-order chi connectivity index (χ1) is 8.47. The number of nitrogens with zero attached hydrogens (tertiary/aromatic N) is 1. The van der Waals surface area contributed by atoms with Crippen molar-refractivity contribution < 1.29 is 19.4 Å². The summed E-state index contributed by atoms with van der Waals surface area (Å²) >= 11 is 1.47. The number of nitrogens with one attached hydrogen (secondary N) is 1. The van der Waals surface area contributed by atoms with Gasteiger partial charge in [-0.1, -0.05) is 6.92 Å². The first-order valence-electron chi connectivity index (χ1n) is 5.86. The Hall–Kier alpha value is -0.950. The van der Waals surface area contributed by atoms with E-state index in [1.807, 2.05) is 13.8 Å². The molecule has 3 unspecified atom stereocenters. The summed E-state index contributed by atoms with van der Waals surface area (Å²) in [5.41, 5.74) is 0. The van der Waals surface area contributed by atoms with Crippen LogP contribution < -0.4 is 5.32 Å². The number of aliphatic carboxylic acids is 1. The van der Waals surface area contributed by atoms with Crippen molar-refractivity contribution in [2.24, 2.45) is 5.92 Å². The lowest BCUT2D eigenvalue weighted by Gasteiger charge is -2.26. The number of methoxy groups -OCH3 is 1. The van der Waals surface area contributed by atoms with Crippen LogP contribution in [0.3, 0.4) is 0 Å². The second kappa shape index (κ2) is 6.84. The summed E-state index contributed by atoms with van der Waals surface area (Å²) in [6, 6.07) is -1.05. The number of ether oxygens (including phenoxy) is 1. The molecule has 104 valence electrons. The fourth-order valence-corrected chi connectivity index (χ4v) is 3.00. The lowest BCUT2D eigenvalue weighted by molar-refractivity contribution is -0.141. The van der Waals surface area contributed by atoms with Gasteiger partial charge in [0.25, 0.3) is 0 Å². The van der Waals surface area contributed by atoms with E-state index in [-0.39, 0.29) is 17.3 Å². The van der Waals surface area contributed by atoms with Crippen molar-refractivity contribution in [3.63, 3.8) is 0 Å². The summed E-state index contributed by atoms with van der Waals surface area (Å²) in [6.07, 6.45) is 0. The molecule has 18 heavy (non-hydrogen) atoms. The number of carboxylic acids is 1. The summed E-state index contributed by atoms with van der Waals surface area (Å²) in [5.74, 6) is -0.308. The quantitative estimate of drug-likeness (QED) is 0.777. The molecule has 3 atom stereocenters. The zero-order valence-electron chi connectivity index (χ0n) is 10.9. The van der Waals surface area contributed by atoms with Crippen molar-refractivity contribution in [2.75, 3.05) is 26.0 Å². The predicted molar refractivity (Wildman–Crippen MR) is 69.6 cm³/mol. The number of hydrogen-bond acceptors (Lipinski definition) is 4. The molecule has 7 heteroatoms. The molecule has 2 N–H and O–H groups in total. The van der Waals surface area contributed by atoms with Gasteiger partial charge in [-0.2, -0.15) is 0 Å². The molecule has 1 heterocycles. The van der Waals surface area contributed by atoms with Crippen molar-refractivity contribution in [3.05, 3.63) is 0 Å². The molecular formula is C11H20N2O4S. The molecule has 1 aliphatic heterocycles. The zero-order chi connectivity index (χ0) is 13.7. The molecule has 1 fully saturated rings. The van der Waals surface area contributed by atoms with E-state index in [2.05, 4.69) is 5.32 Å². The Kier molecular flexibility index (Phi) is 5.74. The maximum absolute atomic E-state index is 12.0. The van der Waals surface area contributed by atoms with E-state index in [1.54, 1.807) is 7.11 Å². The standard InChI is InChI=1S/C11H20N2O4S/c1-7(5-17-3)4-12-11(16)13-8(2)18-6-9(13)10(14)15/h7-9H,4-6H2,1-3H3,(H,12,16)(H,14,15). The molecule has 0 aromatic rings. The van der Waals surface area contributed by atoms with Crippen LogP contribution in [0.5, 0.6) is 0 Å². The van der Waals surface area contributed by atoms with Crippen LogP contribution in [-0.2, 0) is 9.53 Å². The predicted octanol–water partition coefficient (Wildman–Crippen LogP) is 0.827. The van der Waals surface area contributed by atoms with Crippen LogP contribution >= 0.6 is 11.8 Å². The molecule has 0 aromatic carbocycles. The lowest BCUT2D eigenvalue weighted by Crippen LogP contribution is -2.50. The van der Waals surface area contributed by atoms with Crippen molar-refractivity contribution in [3.8, 4) is 0 Å². The van der Waals surface area contributed by atoms with E-state index in [4.69, 9.17) is 9.84 Å². The molecule has 6 nitrogen and oxygen atoms in total. The molecule has 0 bridgehead atoms. The molecule has 0 radical (unpaired) electrons. The topological polar surface area (TPSA) is 78.9 Å². The van der Waals surface area contributed by atoms with E-state index in [0.29, 0.717) is 18.9 Å². The third-order valence-electron chi connectivity index (χ3n) is 2.80. The molecule has 0 spiro atoms. The van der Waals surface area contributed by atoms with Gasteiger partial charge >= 0.3 is 12.0 Å². The van der Waals surface area contributed by atoms with Crippen LogP contribution in [0, 0.1) is 5.92 Å². The number of thioether (sulfide) groups is 1. The normalized spacial score (nSPS) is 24.9. The minimum absolute atomic E-state index is 0.108. The number of rotatable bonds is 5. The average molecular weight is 276 g/mol. The minimum atomic E-state index is -0.952. The smallest absolute Gasteiger partial charge is 0.327 e. The summed E-state index contributed by atoms with van der Waals surface area (Å²) < 4.78 is 4.98. The minimum Gasteiger partial charge on any atom is -0.480 e. The van der Waals surface area contributed by atoms with Crippen LogP contribution in [0.4, 0.5) is 4.79 Å². The second-order valence-corrected chi connectivity index (χ2v) is 5.79. The first kappa shape index (κ1) is 15.1. The van der Waals surface area contributed by atoms with E-state index >= 15 is 0 Å². The van der Waals surface area contributed by atoms with Crippen molar-refractivity contribution in [2.45, 2.75) is 25.3 Å². The van der Waals surface area contributed by atoms with Crippen LogP contribution in [0.15, 0.2) is 0 Å². The van der Waals surface area contributed by atoms with Crippen LogP contribution in [-0.4, -0.2) is 59.4 Å². The van der Waals surface area contributed by atoms with E-state index in [1.165, 1.54) is 16.7 Å². The van der Waals surface area contributed by atoms with Crippen LogP contribution in [0.25, 0.3) is 0 Å². The van der Waals surface area contributed by atoms with Crippen LogP contribution in [0.2, 0.25) is 0 Å². The number of carboxylic acid groups (broad SMARTS) is 1. The summed E-state index contributed by atoms with van der Waals surface area (Å²) in [4.78, 5) is 24.4. The second-order valence-electron chi connectivity index (χ2n) is 4.44. The summed E-state index contributed by atoms with van der Waals surface area (Å²) in [7, 11) is 1.61. The highest BCUT2D eigenvalue weighted by Crippen LogP contribution is 2.28. The number of hydrogen-bond donors (Lipinski definition) is 2. The summed E-state index contributed by atoms with van der Waals surface area (Å²) in [5, 5.41) is 11.7. The van der Waals surface area contributed by atoms with Gasteiger partial charge < -0.3 is 15.2 Å². The SMILES string of the molecule is COCC(C)CNC(=O)N1C(C)SCC1C(=O)O. The molecule has 0 saturated carbocycles. The first-order valence-corrected chi connectivity index (χ1v) is 6.91. The molecule has 2 amide bonds. The van der Waals surface area contributed by atoms with Crippen LogP contribution in [0.1, 0.15) is 13.8 Å².